The molecule has 0 aliphatic carbocycles. The zero-order chi connectivity index (χ0) is 13.8. The first-order chi connectivity index (χ1) is 8.31. The van der Waals surface area contributed by atoms with Gasteiger partial charge in [-0.15, -0.1) is 13.2 Å². The summed E-state index contributed by atoms with van der Waals surface area (Å²) in [5.41, 5.74) is 6.31. The Balaban J connectivity index is 2.86. The molecular weight excluding hydrogens is 247 g/mol. The van der Waals surface area contributed by atoms with E-state index in [2.05, 4.69) is 4.74 Å². The van der Waals surface area contributed by atoms with Crippen molar-refractivity contribution in [3.05, 3.63) is 29.3 Å². The highest BCUT2D eigenvalue weighted by Crippen LogP contribution is 2.28. The van der Waals surface area contributed by atoms with Gasteiger partial charge >= 0.3 is 6.36 Å². The standard InChI is InChI=1S/C12H16F3NO2/c1-8-5-9(11(17)3-2-4-16)7-10(6-8)18-12(13,14)15/h5-7,11,17H,2-4,16H2,1H3/t11-/m1/s1. The summed E-state index contributed by atoms with van der Waals surface area (Å²) in [6, 6.07) is 4.10. The van der Waals surface area contributed by atoms with E-state index in [0.717, 1.165) is 0 Å². The Morgan fingerprint density at radius 1 is 1.33 bits per heavy atom. The van der Waals surface area contributed by atoms with Crippen molar-refractivity contribution in [1.29, 1.82) is 0 Å². The smallest absolute Gasteiger partial charge is 0.406 e. The van der Waals surface area contributed by atoms with Gasteiger partial charge in [-0.1, -0.05) is 6.07 Å². The van der Waals surface area contributed by atoms with Gasteiger partial charge in [-0.3, -0.25) is 0 Å². The lowest BCUT2D eigenvalue weighted by atomic mass is 10.0. The molecule has 0 radical (unpaired) electrons. The van der Waals surface area contributed by atoms with E-state index in [0.29, 0.717) is 30.5 Å². The summed E-state index contributed by atoms with van der Waals surface area (Å²) >= 11 is 0. The number of hydrogen-bond acceptors (Lipinski definition) is 3. The lowest BCUT2D eigenvalue weighted by molar-refractivity contribution is -0.274. The minimum atomic E-state index is -4.73. The fourth-order valence-electron chi connectivity index (χ4n) is 1.64. The van der Waals surface area contributed by atoms with Gasteiger partial charge in [0, 0.05) is 0 Å². The van der Waals surface area contributed by atoms with Crippen LogP contribution in [0.3, 0.4) is 0 Å². The van der Waals surface area contributed by atoms with E-state index in [1.54, 1.807) is 13.0 Å². The van der Waals surface area contributed by atoms with Gasteiger partial charge in [0.05, 0.1) is 6.10 Å². The molecule has 0 unspecified atom stereocenters. The van der Waals surface area contributed by atoms with E-state index in [9.17, 15) is 18.3 Å². The summed E-state index contributed by atoms with van der Waals surface area (Å²) < 4.78 is 40.2. The minimum absolute atomic E-state index is 0.315. The monoisotopic (exact) mass is 263 g/mol. The topological polar surface area (TPSA) is 55.5 Å². The van der Waals surface area contributed by atoms with Gasteiger partial charge in [-0.2, -0.15) is 0 Å². The second kappa shape index (κ2) is 6.06. The number of aliphatic hydroxyl groups is 1. The quantitative estimate of drug-likeness (QED) is 0.858. The Labute approximate surface area is 103 Å². The minimum Gasteiger partial charge on any atom is -0.406 e. The molecule has 0 saturated heterocycles. The third-order valence-corrected chi connectivity index (χ3v) is 2.37. The van der Waals surface area contributed by atoms with Crippen LogP contribution in [-0.2, 0) is 0 Å². The fraction of sp³-hybridized carbons (Fsp3) is 0.500. The average molecular weight is 263 g/mol. The van der Waals surface area contributed by atoms with E-state index in [1.807, 2.05) is 0 Å². The van der Waals surface area contributed by atoms with E-state index in [-0.39, 0.29) is 5.75 Å². The molecule has 102 valence electrons. The molecule has 0 aromatic heterocycles. The van der Waals surface area contributed by atoms with Crippen molar-refractivity contribution < 1.29 is 23.0 Å². The van der Waals surface area contributed by atoms with Crippen molar-refractivity contribution >= 4 is 0 Å². The summed E-state index contributed by atoms with van der Waals surface area (Å²) in [6.07, 6.45) is -4.55. The van der Waals surface area contributed by atoms with Crippen molar-refractivity contribution in [2.45, 2.75) is 32.2 Å². The number of halogens is 3. The lowest BCUT2D eigenvalue weighted by Crippen LogP contribution is -2.17. The van der Waals surface area contributed by atoms with Gasteiger partial charge < -0.3 is 15.6 Å². The first kappa shape index (κ1) is 14.8. The number of nitrogens with two attached hydrogens (primary N) is 1. The van der Waals surface area contributed by atoms with Crippen molar-refractivity contribution in [3.8, 4) is 5.75 Å². The molecule has 1 rings (SSSR count). The number of aryl methyl sites for hydroxylation is 1. The average Bonchev–Trinajstić information content (AvgIpc) is 2.22. The third kappa shape index (κ3) is 4.93. The highest BCUT2D eigenvalue weighted by Gasteiger charge is 2.31. The van der Waals surface area contributed by atoms with Gasteiger partial charge in [0.25, 0.3) is 0 Å². The third-order valence-electron chi connectivity index (χ3n) is 2.37. The first-order valence-electron chi connectivity index (χ1n) is 5.57. The van der Waals surface area contributed by atoms with Crippen LogP contribution in [0.25, 0.3) is 0 Å². The highest BCUT2D eigenvalue weighted by molar-refractivity contribution is 5.35. The number of alkyl halides is 3. The summed E-state index contributed by atoms with van der Waals surface area (Å²) in [5.74, 6) is -0.315. The van der Waals surface area contributed by atoms with E-state index in [1.165, 1.54) is 12.1 Å². The molecule has 0 saturated carbocycles. The number of benzene rings is 1. The maximum atomic E-state index is 12.1. The molecule has 18 heavy (non-hydrogen) atoms. The predicted octanol–water partition coefficient (Wildman–Crippen LogP) is 2.67. The van der Waals surface area contributed by atoms with Crippen LogP contribution in [0.1, 0.15) is 30.1 Å². The van der Waals surface area contributed by atoms with Crippen LogP contribution in [0, 0.1) is 6.92 Å². The molecule has 0 aliphatic heterocycles. The van der Waals surface area contributed by atoms with Gasteiger partial charge in [0.1, 0.15) is 5.75 Å². The van der Waals surface area contributed by atoms with E-state index < -0.39 is 12.5 Å². The van der Waals surface area contributed by atoms with Gasteiger partial charge in [-0.25, -0.2) is 0 Å². The van der Waals surface area contributed by atoms with Crippen LogP contribution in [0.5, 0.6) is 5.75 Å². The summed E-state index contributed by atoms with van der Waals surface area (Å²) in [5, 5.41) is 9.81. The molecule has 1 atom stereocenters. The van der Waals surface area contributed by atoms with Gasteiger partial charge in [-0.05, 0) is 49.6 Å². The molecule has 3 nitrogen and oxygen atoms in total. The van der Waals surface area contributed by atoms with Crippen molar-refractivity contribution in [2.24, 2.45) is 5.73 Å². The second-order valence-electron chi connectivity index (χ2n) is 4.07. The van der Waals surface area contributed by atoms with Crippen LogP contribution < -0.4 is 10.5 Å². The van der Waals surface area contributed by atoms with Crippen LogP contribution in [0.15, 0.2) is 18.2 Å². The molecule has 0 bridgehead atoms. The summed E-state index contributed by atoms with van der Waals surface area (Å²) in [4.78, 5) is 0. The van der Waals surface area contributed by atoms with Crippen molar-refractivity contribution in [3.63, 3.8) is 0 Å². The zero-order valence-corrected chi connectivity index (χ0v) is 10.00. The Morgan fingerprint density at radius 3 is 2.56 bits per heavy atom. The molecule has 0 heterocycles. The zero-order valence-electron chi connectivity index (χ0n) is 10.00. The molecule has 6 heteroatoms. The maximum absolute atomic E-state index is 12.1. The molecule has 0 aliphatic rings. The molecular formula is C12H16F3NO2. The molecule has 0 fully saturated rings. The Morgan fingerprint density at radius 2 is 2.00 bits per heavy atom. The summed E-state index contributed by atoms with van der Waals surface area (Å²) in [7, 11) is 0. The number of aliphatic hydroxyl groups excluding tert-OH is 1. The molecule has 3 N–H and O–H groups in total. The molecule has 0 spiro atoms. The normalized spacial score (nSPS) is 13.4. The van der Waals surface area contributed by atoms with E-state index in [4.69, 9.17) is 5.73 Å². The lowest BCUT2D eigenvalue weighted by Gasteiger charge is -2.14. The molecule has 1 aromatic rings. The van der Waals surface area contributed by atoms with E-state index >= 15 is 0 Å². The largest absolute Gasteiger partial charge is 0.573 e. The van der Waals surface area contributed by atoms with Gasteiger partial charge in [0.2, 0.25) is 0 Å². The Bertz CT molecular complexity index is 393. The highest BCUT2D eigenvalue weighted by atomic mass is 19.4. The molecule has 0 amide bonds. The van der Waals surface area contributed by atoms with Gasteiger partial charge in [0.15, 0.2) is 0 Å². The molecule has 1 aromatic carbocycles. The summed E-state index contributed by atoms with van der Waals surface area (Å²) in [6.45, 7) is 2.07. The Hall–Kier alpha value is -1.27. The first-order valence-corrected chi connectivity index (χ1v) is 5.57. The predicted molar refractivity (Wildman–Crippen MR) is 61.1 cm³/mol. The number of rotatable bonds is 5. The van der Waals surface area contributed by atoms with Crippen LogP contribution in [0.4, 0.5) is 13.2 Å². The van der Waals surface area contributed by atoms with Crippen molar-refractivity contribution in [1.82, 2.24) is 0 Å². The SMILES string of the molecule is Cc1cc(OC(F)(F)F)cc([C@H](O)CCCN)c1. The fourth-order valence-corrected chi connectivity index (χ4v) is 1.64. The number of hydrogen-bond donors (Lipinski definition) is 2. The van der Waals surface area contributed by atoms with Crippen LogP contribution >= 0.6 is 0 Å². The van der Waals surface area contributed by atoms with Crippen molar-refractivity contribution in [2.75, 3.05) is 6.54 Å². The number of ether oxygens (including phenoxy) is 1. The maximum Gasteiger partial charge on any atom is 0.573 e. The Kier molecular flexibility index (Phi) is 4.98. The van der Waals surface area contributed by atoms with Crippen LogP contribution in [-0.4, -0.2) is 18.0 Å². The second-order valence-corrected chi connectivity index (χ2v) is 4.07. The van der Waals surface area contributed by atoms with Crippen LogP contribution in [0.2, 0.25) is 0 Å².